The van der Waals surface area contributed by atoms with Crippen LogP contribution < -0.4 is 5.32 Å². The van der Waals surface area contributed by atoms with Crippen LogP contribution in [0.1, 0.15) is 12.5 Å². The van der Waals surface area contributed by atoms with E-state index in [1.807, 2.05) is 19.1 Å². The minimum atomic E-state index is 0.644. The molecule has 72 valence electrons. The standard InChI is InChI=1S/C11H11BrN2/c1-8(2)7-14-10-4-3-9(6-13)11(12)5-10/h3-5,14H,1,7H2,2H3. The molecule has 0 aliphatic heterocycles. The molecule has 0 aliphatic carbocycles. The van der Waals surface area contributed by atoms with E-state index in [0.29, 0.717) is 5.56 Å². The maximum atomic E-state index is 8.71. The molecular weight excluding hydrogens is 240 g/mol. The van der Waals surface area contributed by atoms with Gasteiger partial charge in [-0.2, -0.15) is 5.26 Å². The van der Waals surface area contributed by atoms with Gasteiger partial charge in [-0.3, -0.25) is 0 Å². The lowest BCUT2D eigenvalue weighted by Crippen LogP contribution is -2.01. The highest BCUT2D eigenvalue weighted by atomic mass is 79.9. The molecule has 0 aliphatic rings. The Hall–Kier alpha value is -1.27. The molecule has 3 heteroatoms. The minimum Gasteiger partial charge on any atom is -0.381 e. The fraction of sp³-hybridized carbons (Fsp3) is 0.182. The quantitative estimate of drug-likeness (QED) is 0.836. The summed E-state index contributed by atoms with van der Waals surface area (Å²) >= 11 is 3.33. The van der Waals surface area contributed by atoms with Gasteiger partial charge in [-0.25, -0.2) is 0 Å². The van der Waals surface area contributed by atoms with Crippen molar-refractivity contribution in [1.29, 1.82) is 5.26 Å². The molecule has 0 amide bonds. The van der Waals surface area contributed by atoms with Crippen molar-refractivity contribution in [2.75, 3.05) is 11.9 Å². The van der Waals surface area contributed by atoms with Gasteiger partial charge in [0.1, 0.15) is 6.07 Å². The highest BCUT2D eigenvalue weighted by Crippen LogP contribution is 2.20. The fourth-order valence-corrected chi connectivity index (χ4v) is 1.44. The van der Waals surface area contributed by atoms with Gasteiger partial charge in [0, 0.05) is 16.7 Å². The third kappa shape index (κ3) is 2.90. The summed E-state index contributed by atoms with van der Waals surface area (Å²) in [7, 11) is 0. The first-order valence-electron chi connectivity index (χ1n) is 4.21. The number of nitrogens with zero attached hydrogens (tertiary/aromatic N) is 1. The number of hydrogen-bond acceptors (Lipinski definition) is 2. The third-order valence-electron chi connectivity index (χ3n) is 1.68. The van der Waals surface area contributed by atoms with Gasteiger partial charge in [0.2, 0.25) is 0 Å². The summed E-state index contributed by atoms with van der Waals surface area (Å²) in [6.07, 6.45) is 0. The maximum Gasteiger partial charge on any atom is 0.100 e. The van der Waals surface area contributed by atoms with Crippen molar-refractivity contribution in [2.45, 2.75) is 6.92 Å². The minimum absolute atomic E-state index is 0.644. The van der Waals surface area contributed by atoms with Crippen LogP contribution >= 0.6 is 15.9 Å². The molecule has 0 aromatic heterocycles. The zero-order valence-corrected chi connectivity index (χ0v) is 9.56. The van der Waals surface area contributed by atoms with E-state index in [9.17, 15) is 0 Å². The number of anilines is 1. The Morgan fingerprint density at radius 2 is 2.36 bits per heavy atom. The average molecular weight is 251 g/mol. The number of hydrogen-bond donors (Lipinski definition) is 1. The van der Waals surface area contributed by atoms with Crippen molar-refractivity contribution in [3.63, 3.8) is 0 Å². The van der Waals surface area contributed by atoms with Crippen molar-refractivity contribution in [2.24, 2.45) is 0 Å². The topological polar surface area (TPSA) is 35.8 Å². The molecule has 0 radical (unpaired) electrons. The third-order valence-corrected chi connectivity index (χ3v) is 2.34. The highest BCUT2D eigenvalue weighted by Gasteiger charge is 1.99. The van der Waals surface area contributed by atoms with Crippen LogP contribution in [0.25, 0.3) is 0 Å². The van der Waals surface area contributed by atoms with Gasteiger partial charge in [0.15, 0.2) is 0 Å². The van der Waals surface area contributed by atoms with Crippen LogP contribution in [0.15, 0.2) is 34.8 Å². The largest absolute Gasteiger partial charge is 0.381 e. The second-order valence-electron chi connectivity index (χ2n) is 3.12. The van der Waals surface area contributed by atoms with Gasteiger partial charge in [0.05, 0.1) is 5.56 Å². The van der Waals surface area contributed by atoms with E-state index < -0.39 is 0 Å². The van der Waals surface area contributed by atoms with Crippen LogP contribution in [-0.2, 0) is 0 Å². The number of benzene rings is 1. The summed E-state index contributed by atoms with van der Waals surface area (Å²) < 4.78 is 0.812. The van der Waals surface area contributed by atoms with Crippen molar-refractivity contribution >= 4 is 21.6 Å². The SMILES string of the molecule is C=C(C)CNc1ccc(C#N)c(Br)c1. The lowest BCUT2D eigenvalue weighted by Gasteiger charge is -2.06. The predicted octanol–water partition coefficient (Wildman–Crippen LogP) is 3.31. The molecule has 1 aromatic carbocycles. The van der Waals surface area contributed by atoms with E-state index in [4.69, 9.17) is 5.26 Å². The number of nitrogens with one attached hydrogen (secondary N) is 1. The molecule has 1 rings (SSSR count). The molecule has 1 N–H and O–H groups in total. The zero-order chi connectivity index (χ0) is 10.6. The van der Waals surface area contributed by atoms with E-state index >= 15 is 0 Å². The summed E-state index contributed by atoms with van der Waals surface area (Å²) in [4.78, 5) is 0. The molecule has 0 unspecified atom stereocenters. The Balaban J connectivity index is 2.77. The van der Waals surface area contributed by atoms with Crippen LogP contribution in [0.3, 0.4) is 0 Å². The van der Waals surface area contributed by atoms with Crippen LogP contribution in [-0.4, -0.2) is 6.54 Å². The van der Waals surface area contributed by atoms with Crippen LogP contribution in [0.5, 0.6) is 0 Å². The molecule has 0 bridgehead atoms. The lowest BCUT2D eigenvalue weighted by atomic mass is 10.2. The first-order chi connectivity index (χ1) is 6.63. The molecule has 0 spiro atoms. The molecule has 1 aromatic rings. The predicted molar refractivity (Wildman–Crippen MR) is 62.2 cm³/mol. The number of halogens is 1. The second-order valence-corrected chi connectivity index (χ2v) is 3.97. The molecular formula is C11H11BrN2. The Bertz CT molecular complexity index is 391. The smallest absolute Gasteiger partial charge is 0.100 e. The van der Waals surface area contributed by atoms with Gasteiger partial charge in [0.25, 0.3) is 0 Å². The Morgan fingerprint density at radius 1 is 1.64 bits per heavy atom. The van der Waals surface area contributed by atoms with Crippen molar-refractivity contribution in [1.82, 2.24) is 0 Å². The van der Waals surface area contributed by atoms with Crippen molar-refractivity contribution in [3.05, 3.63) is 40.4 Å². The molecule has 14 heavy (non-hydrogen) atoms. The van der Waals surface area contributed by atoms with Crippen molar-refractivity contribution in [3.8, 4) is 6.07 Å². The highest BCUT2D eigenvalue weighted by molar-refractivity contribution is 9.10. The van der Waals surface area contributed by atoms with E-state index in [-0.39, 0.29) is 0 Å². The molecule has 0 saturated carbocycles. The first-order valence-corrected chi connectivity index (χ1v) is 5.00. The van der Waals surface area contributed by atoms with E-state index in [1.165, 1.54) is 0 Å². The maximum absolute atomic E-state index is 8.71. The molecule has 2 nitrogen and oxygen atoms in total. The first kappa shape index (κ1) is 10.8. The molecule has 0 atom stereocenters. The summed E-state index contributed by atoms with van der Waals surface area (Å²) in [5.41, 5.74) is 2.70. The van der Waals surface area contributed by atoms with E-state index in [2.05, 4.69) is 33.9 Å². The van der Waals surface area contributed by atoms with Gasteiger partial charge < -0.3 is 5.32 Å². The van der Waals surface area contributed by atoms with E-state index in [1.54, 1.807) is 6.07 Å². The van der Waals surface area contributed by atoms with Gasteiger partial charge in [-0.05, 0) is 41.1 Å². The normalized spacial score (nSPS) is 9.21. The van der Waals surface area contributed by atoms with Crippen LogP contribution in [0, 0.1) is 11.3 Å². The Labute approximate surface area is 92.4 Å². The second kappa shape index (κ2) is 4.83. The van der Waals surface area contributed by atoms with Gasteiger partial charge in [-0.15, -0.1) is 0 Å². The van der Waals surface area contributed by atoms with Gasteiger partial charge >= 0.3 is 0 Å². The Morgan fingerprint density at radius 3 is 2.86 bits per heavy atom. The van der Waals surface area contributed by atoms with Crippen LogP contribution in [0.2, 0.25) is 0 Å². The van der Waals surface area contributed by atoms with Crippen LogP contribution in [0.4, 0.5) is 5.69 Å². The monoisotopic (exact) mass is 250 g/mol. The molecule has 0 heterocycles. The average Bonchev–Trinajstić information content (AvgIpc) is 2.15. The molecule has 0 fully saturated rings. The lowest BCUT2D eigenvalue weighted by molar-refractivity contribution is 1.21. The van der Waals surface area contributed by atoms with E-state index in [0.717, 1.165) is 22.3 Å². The zero-order valence-electron chi connectivity index (χ0n) is 7.97. The summed E-state index contributed by atoms with van der Waals surface area (Å²) in [6.45, 7) is 6.51. The Kier molecular flexibility index (Phi) is 3.73. The summed E-state index contributed by atoms with van der Waals surface area (Å²) in [5, 5.41) is 11.9. The summed E-state index contributed by atoms with van der Waals surface area (Å²) in [6, 6.07) is 7.65. The fourth-order valence-electron chi connectivity index (χ4n) is 0.969. The van der Waals surface area contributed by atoms with Gasteiger partial charge in [-0.1, -0.05) is 12.2 Å². The number of nitriles is 1. The summed E-state index contributed by atoms with van der Waals surface area (Å²) in [5.74, 6) is 0. The number of rotatable bonds is 3. The van der Waals surface area contributed by atoms with Crippen molar-refractivity contribution < 1.29 is 0 Å². The molecule has 0 saturated heterocycles.